The van der Waals surface area contributed by atoms with Gasteiger partial charge in [-0.1, -0.05) is 36.4 Å². The summed E-state index contributed by atoms with van der Waals surface area (Å²) >= 11 is 0. The second kappa shape index (κ2) is 17.8. The largest absolute Gasteiger partial charge is 0.493 e. The minimum absolute atomic E-state index is 0.136. The molecular formula is C38H50N4O6. The lowest BCUT2D eigenvalue weighted by molar-refractivity contribution is -0.127. The Morgan fingerprint density at radius 3 is 2.48 bits per heavy atom. The predicted octanol–water partition coefficient (Wildman–Crippen LogP) is 5.71. The Balaban J connectivity index is 1.33. The van der Waals surface area contributed by atoms with Crippen LogP contribution in [-0.2, 0) is 16.0 Å². The molecule has 258 valence electrons. The van der Waals surface area contributed by atoms with Crippen molar-refractivity contribution in [1.82, 2.24) is 15.1 Å². The summed E-state index contributed by atoms with van der Waals surface area (Å²) in [6.07, 6.45) is 3.72. The zero-order valence-electron chi connectivity index (χ0n) is 28.6. The number of likely N-dealkylation sites (tertiary alicyclic amines) is 1. The van der Waals surface area contributed by atoms with Crippen molar-refractivity contribution in [2.24, 2.45) is 0 Å². The van der Waals surface area contributed by atoms with Gasteiger partial charge in [-0.2, -0.15) is 0 Å². The zero-order valence-corrected chi connectivity index (χ0v) is 28.6. The molecule has 0 radical (unpaired) electrons. The van der Waals surface area contributed by atoms with E-state index in [9.17, 15) is 9.59 Å². The maximum atomic E-state index is 14.2. The summed E-state index contributed by atoms with van der Waals surface area (Å²) in [7, 11) is 3.25. The molecule has 10 nitrogen and oxygen atoms in total. The summed E-state index contributed by atoms with van der Waals surface area (Å²) in [6.45, 7) is 7.75. The molecule has 2 atom stereocenters. The average Bonchev–Trinajstić information content (AvgIpc) is 3.14. The first-order chi connectivity index (χ1) is 23.5. The van der Waals surface area contributed by atoms with Crippen LogP contribution >= 0.6 is 0 Å². The lowest BCUT2D eigenvalue weighted by Gasteiger charge is -2.38. The van der Waals surface area contributed by atoms with Gasteiger partial charge >= 0.3 is 6.03 Å². The number of carbonyl (C=O) groups is 2. The standard InChI is InChI=1S/C38H50N4O6/c1-4-41(31-12-6-5-7-13-31)38(44)42-20-9-8-15-34(42)37(43)39-33(18-16-29-17-19-35(45-2)36(27-29)46-3)30-11-10-14-32(28-30)48-26-23-40-21-24-47-25-22-40/h5-7,10-14,17,19,27-28,33-34H,4,8-9,15-16,18,20-26H2,1-3H3,(H,39,43)/t33?,34-/m0/s1. The Hall–Kier alpha value is -4.28. The van der Waals surface area contributed by atoms with Gasteiger partial charge in [0.2, 0.25) is 5.91 Å². The summed E-state index contributed by atoms with van der Waals surface area (Å²) in [5, 5.41) is 3.36. The first-order valence-corrected chi connectivity index (χ1v) is 17.2. The van der Waals surface area contributed by atoms with E-state index in [1.54, 1.807) is 24.0 Å². The van der Waals surface area contributed by atoms with Gasteiger partial charge in [0.25, 0.3) is 0 Å². The first kappa shape index (κ1) is 35.0. The molecule has 5 rings (SSSR count). The smallest absolute Gasteiger partial charge is 0.325 e. The van der Waals surface area contributed by atoms with Crippen LogP contribution in [0.5, 0.6) is 17.2 Å². The molecule has 10 heteroatoms. The van der Waals surface area contributed by atoms with Crippen molar-refractivity contribution >= 4 is 17.6 Å². The first-order valence-electron chi connectivity index (χ1n) is 17.2. The second-order valence-electron chi connectivity index (χ2n) is 12.2. The van der Waals surface area contributed by atoms with E-state index in [1.807, 2.05) is 79.7 Å². The van der Waals surface area contributed by atoms with Crippen LogP contribution in [0, 0.1) is 0 Å². The van der Waals surface area contributed by atoms with Gasteiger partial charge in [0.1, 0.15) is 18.4 Å². The number of nitrogens with zero attached hydrogens (tertiary/aromatic N) is 3. The van der Waals surface area contributed by atoms with Crippen molar-refractivity contribution < 1.29 is 28.5 Å². The molecule has 2 aliphatic rings. The molecule has 0 saturated carbocycles. The van der Waals surface area contributed by atoms with Crippen LogP contribution in [0.15, 0.2) is 72.8 Å². The normalized spacial score (nSPS) is 17.3. The van der Waals surface area contributed by atoms with Crippen molar-refractivity contribution in [2.75, 3.05) is 71.7 Å². The van der Waals surface area contributed by atoms with Crippen LogP contribution in [0.3, 0.4) is 0 Å². The number of carbonyl (C=O) groups excluding carboxylic acids is 2. The molecule has 2 saturated heterocycles. The van der Waals surface area contributed by atoms with Crippen LogP contribution in [-0.4, -0.2) is 94.5 Å². The van der Waals surface area contributed by atoms with Gasteiger partial charge in [-0.15, -0.1) is 0 Å². The Morgan fingerprint density at radius 2 is 1.73 bits per heavy atom. The minimum Gasteiger partial charge on any atom is -0.493 e. The van der Waals surface area contributed by atoms with E-state index in [2.05, 4.69) is 10.2 Å². The number of para-hydroxylation sites is 1. The highest BCUT2D eigenvalue weighted by Gasteiger charge is 2.35. The van der Waals surface area contributed by atoms with Gasteiger partial charge in [0, 0.05) is 38.4 Å². The molecule has 0 bridgehead atoms. The van der Waals surface area contributed by atoms with E-state index in [1.165, 1.54) is 0 Å². The third-order valence-corrected chi connectivity index (χ3v) is 9.19. The van der Waals surface area contributed by atoms with Crippen LogP contribution in [0.1, 0.15) is 49.8 Å². The number of aryl methyl sites for hydroxylation is 1. The zero-order chi connectivity index (χ0) is 33.7. The number of benzene rings is 3. The number of morpholine rings is 1. The number of nitrogens with one attached hydrogen (secondary N) is 1. The van der Waals surface area contributed by atoms with Crippen molar-refractivity contribution in [2.45, 2.75) is 51.1 Å². The van der Waals surface area contributed by atoms with Crippen molar-refractivity contribution in [1.29, 1.82) is 0 Å². The van der Waals surface area contributed by atoms with E-state index in [-0.39, 0.29) is 18.0 Å². The molecule has 3 aromatic carbocycles. The highest BCUT2D eigenvalue weighted by Crippen LogP contribution is 2.30. The van der Waals surface area contributed by atoms with Crippen LogP contribution < -0.4 is 24.4 Å². The summed E-state index contributed by atoms with van der Waals surface area (Å²) in [4.78, 5) is 33.9. The lowest BCUT2D eigenvalue weighted by Crippen LogP contribution is -2.56. The van der Waals surface area contributed by atoms with Gasteiger partial charge < -0.3 is 29.2 Å². The molecule has 2 fully saturated rings. The maximum absolute atomic E-state index is 14.2. The predicted molar refractivity (Wildman–Crippen MR) is 187 cm³/mol. The number of amides is 3. The fourth-order valence-corrected chi connectivity index (χ4v) is 6.50. The van der Waals surface area contributed by atoms with E-state index in [0.717, 1.165) is 68.3 Å². The number of hydrogen-bond donors (Lipinski definition) is 1. The third kappa shape index (κ3) is 9.20. The maximum Gasteiger partial charge on any atom is 0.325 e. The molecule has 1 unspecified atom stereocenters. The molecule has 2 aliphatic heterocycles. The monoisotopic (exact) mass is 658 g/mol. The number of anilines is 1. The summed E-state index contributed by atoms with van der Waals surface area (Å²) < 4.78 is 22.6. The molecule has 3 aromatic rings. The number of ether oxygens (including phenoxy) is 4. The van der Waals surface area contributed by atoms with Gasteiger partial charge in [-0.3, -0.25) is 14.6 Å². The summed E-state index contributed by atoms with van der Waals surface area (Å²) in [5.74, 6) is 1.97. The van der Waals surface area contributed by atoms with Crippen molar-refractivity contribution in [3.05, 3.63) is 83.9 Å². The highest BCUT2D eigenvalue weighted by molar-refractivity contribution is 5.95. The van der Waals surface area contributed by atoms with Gasteiger partial charge in [0.05, 0.1) is 33.5 Å². The van der Waals surface area contributed by atoms with Crippen LogP contribution in [0.25, 0.3) is 0 Å². The number of hydrogen-bond acceptors (Lipinski definition) is 7. The van der Waals surface area contributed by atoms with Crippen LogP contribution in [0.2, 0.25) is 0 Å². The second-order valence-corrected chi connectivity index (χ2v) is 12.2. The number of methoxy groups -OCH3 is 2. The molecule has 0 aromatic heterocycles. The lowest BCUT2D eigenvalue weighted by atomic mass is 9.96. The van der Waals surface area contributed by atoms with Gasteiger partial charge in [0.15, 0.2) is 11.5 Å². The van der Waals surface area contributed by atoms with E-state index in [0.29, 0.717) is 50.5 Å². The number of piperidine rings is 1. The number of rotatable bonds is 14. The highest BCUT2D eigenvalue weighted by atomic mass is 16.5. The SMILES string of the molecule is CCN(C(=O)N1CCCC[C@H]1C(=O)NC(CCc1ccc(OC)c(OC)c1)c1cccc(OCCN2CCOCC2)c1)c1ccccc1. The fourth-order valence-electron chi connectivity index (χ4n) is 6.50. The topological polar surface area (TPSA) is 92.8 Å². The molecular weight excluding hydrogens is 608 g/mol. The Kier molecular flexibility index (Phi) is 13.0. The molecule has 48 heavy (non-hydrogen) atoms. The number of urea groups is 1. The molecule has 3 amide bonds. The van der Waals surface area contributed by atoms with Gasteiger partial charge in [-0.25, -0.2) is 4.79 Å². The molecule has 0 aliphatic carbocycles. The summed E-state index contributed by atoms with van der Waals surface area (Å²) in [5.41, 5.74) is 2.86. The Morgan fingerprint density at radius 1 is 0.938 bits per heavy atom. The van der Waals surface area contributed by atoms with Crippen molar-refractivity contribution in [3.8, 4) is 17.2 Å². The Labute approximate surface area is 284 Å². The van der Waals surface area contributed by atoms with E-state index < -0.39 is 6.04 Å². The molecule has 0 spiro atoms. The van der Waals surface area contributed by atoms with E-state index >= 15 is 0 Å². The fraction of sp³-hybridized carbons (Fsp3) is 0.474. The Bertz CT molecular complexity index is 1460. The molecule has 2 heterocycles. The van der Waals surface area contributed by atoms with Gasteiger partial charge in [-0.05, 0) is 86.6 Å². The average molecular weight is 659 g/mol. The minimum atomic E-state index is -0.555. The van der Waals surface area contributed by atoms with E-state index in [4.69, 9.17) is 18.9 Å². The van der Waals surface area contributed by atoms with Crippen molar-refractivity contribution in [3.63, 3.8) is 0 Å². The third-order valence-electron chi connectivity index (χ3n) is 9.19. The quantitative estimate of drug-likeness (QED) is 0.237. The van der Waals surface area contributed by atoms with Crippen LogP contribution in [0.4, 0.5) is 10.5 Å². The molecule has 1 N–H and O–H groups in total. The summed E-state index contributed by atoms with van der Waals surface area (Å²) in [6, 6.07) is 22.6.